The SMILES string of the molecule is C=CCOc1ccc(/C=C(\CC(=O)[O-])c2nc3ccccc3s2)cc1OC. The van der Waals surface area contributed by atoms with Crippen molar-refractivity contribution in [2.24, 2.45) is 0 Å². The van der Waals surface area contributed by atoms with Crippen LogP contribution in [0.15, 0.2) is 55.1 Å². The van der Waals surface area contributed by atoms with Gasteiger partial charge in [0, 0.05) is 12.4 Å². The number of para-hydroxylation sites is 1. The Labute approximate surface area is 161 Å². The summed E-state index contributed by atoms with van der Waals surface area (Å²) >= 11 is 1.45. The van der Waals surface area contributed by atoms with Crippen LogP contribution in [0.5, 0.6) is 11.5 Å². The molecule has 0 atom stereocenters. The van der Waals surface area contributed by atoms with E-state index >= 15 is 0 Å². The first-order valence-electron chi connectivity index (χ1n) is 8.29. The van der Waals surface area contributed by atoms with E-state index < -0.39 is 5.97 Å². The van der Waals surface area contributed by atoms with E-state index in [-0.39, 0.29) is 6.42 Å². The Morgan fingerprint density at radius 1 is 1.26 bits per heavy atom. The summed E-state index contributed by atoms with van der Waals surface area (Å²) in [7, 11) is 1.55. The van der Waals surface area contributed by atoms with Crippen LogP contribution in [0.25, 0.3) is 21.9 Å². The Bertz CT molecular complexity index is 973. The van der Waals surface area contributed by atoms with Gasteiger partial charge >= 0.3 is 0 Å². The molecule has 2 aromatic carbocycles. The van der Waals surface area contributed by atoms with E-state index in [2.05, 4.69) is 11.6 Å². The number of carbonyl (C=O) groups excluding carboxylic acids is 1. The van der Waals surface area contributed by atoms with E-state index in [1.54, 1.807) is 31.4 Å². The van der Waals surface area contributed by atoms with E-state index in [0.29, 0.717) is 28.7 Å². The molecule has 0 aliphatic rings. The topological polar surface area (TPSA) is 71.5 Å². The Balaban J connectivity index is 2.00. The molecule has 27 heavy (non-hydrogen) atoms. The molecular formula is C21H18NO4S-. The minimum absolute atomic E-state index is 0.225. The van der Waals surface area contributed by atoms with Crippen LogP contribution in [-0.4, -0.2) is 24.7 Å². The Kier molecular flexibility index (Phi) is 5.88. The second kappa shape index (κ2) is 8.51. The number of carbonyl (C=O) groups is 1. The number of aromatic nitrogens is 1. The molecule has 0 unspecified atom stereocenters. The molecule has 0 aliphatic carbocycles. The van der Waals surface area contributed by atoms with Crippen LogP contribution in [0.1, 0.15) is 17.0 Å². The van der Waals surface area contributed by atoms with Gasteiger partial charge in [0.25, 0.3) is 0 Å². The number of nitrogens with zero attached hydrogens (tertiary/aromatic N) is 1. The molecule has 138 valence electrons. The number of carboxylic acids is 1. The van der Waals surface area contributed by atoms with Crippen LogP contribution in [-0.2, 0) is 4.79 Å². The van der Waals surface area contributed by atoms with Gasteiger partial charge in [0.05, 0.1) is 17.3 Å². The van der Waals surface area contributed by atoms with Gasteiger partial charge in [-0.2, -0.15) is 0 Å². The summed E-state index contributed by atoms with van der Waals surface area (Å²) in [6.45, 7) is 3.99. The van der Waals surface area contributed by atoms with Crippen molar-refractivity contribution < 1.29 is 19.4 Å². The summed E-state index contributed by atoms with van der Waals surface area (Å²) in [4.78, 5) is 15.8. The number of aliphatic carboxylic acids is 1. The lowest BCUT2D eigenvalue weighted by Gasteiger charge is -2.11. The zero-order valence-electron chi connectivity index (χ0n) is 14.8. The monoisotopic (exact) mass is 380 g/mol. The third-order valence-corrected chi connectivity index (χ3v) is 4.90. The molecule has 3 aromatic rings. The predicted molar refractivity (Wildman–Crippen MR) is 106 cm³/mol. The molecule has 3 rings (SSSR count). The lowest BCUT2D eigenvalue weighted by Crippen LogP contribution is -2.22. The molecule has 0 saturated heterocycles. The van der Waals surface area contributed by atoms with Gasteiger partial charge in [-0.3, -0.25) is 0 Å². The molecule has 0 spiro atoms. The Morgan fingerprint density at radius 2 is 2.07 bits per heavy atom. The van der Waals surface area contributed by atoms with Crippen LogP contribution in [0.2, 0.25) is 0 Å². The Morgan fingerprint density at radius 3 is 2.78 bits per heavy atom. The smallest absolute Gasteiger partial charge is 0.161 e. The molecule has 0 amide bonds. The summed E-state index contributed by atoms with van der Waals surface area (Å²) in [6.07, 6.45) is 3.21. The maximum atomic E-state index is 11.3. The molecule has 0 aliphatic heterocycles. The van der Waals surface area contributed by atoms with Crippen molar-refractivity contribution >= 4 is 39.2 Å². The molecule has 1 aromatic heterocycles. The zero-order chi connectivity index (χ0) is 19.2. The molecule has 5 nitrogen and oxygen atoms in total. The summed E-state index contributed by atoms with van der Waals surface area (Å²) in [5.74, 6) is -0.00269. The summed E-state index contributed by atoms with van der Waals surface area (Å²) in [5, 5.41) is 11.9. The van der Waals surface area contributed by atoms with Gasteiger partial charge in [0.15, 0.2) is 11.5 Å². The molecule has 0 bridgehead atoms. The maximum absolute atomic E-state index is 11.3. The molecular weight excluding hydrogens is 362 g/mol. The average molecular weight is 380 g/mol. The van der Waals surface area contributed by atoms with E-state index in [1.807, 2.05) is 30.3 Å². The highest BCUT2D eigenvalue weighted by atomic mass is 32.1. The second-order valence-corrected chi connectivity index (χ2v) is 6.75. The minimum Gasteiger partial charge on any atom is -0.550 e. The fourth-order valence-electron chi connectivity index (χ4n) is 2.60. The van der Waals surface area contributed by atoms with Gasteiger partial charge in [-0.1, -0.05) is 30.9 Å². The number of hydrogen-bond donors (Lipinski definition) is 0. The third-order valence-electron chi connectivity index (χ3n) is 3.79. The van der Waals surface area contributed by atoms with Crippen LogP contribution >= 0.6 is 11.3 Å². The number of rotatable bonds is 8. The van der Waals surface area contributed by atoms with Crippen molar-refractivity contribution in [1.82, 2.24) is 4.98 Å². The molecule has 0 saturated carbocycles. The Hall–Kier alpha value is -3.12. The number of carboxylic acid groups (broad SMARTS) is 1. The third kappa shape index (κ3) is 4.54. The highest BCUT2D eigenvalue weighted by molar-refractivity contribution is 7.19. The standard InChI is InChI=1S/C21H19NO4S/c1-3-10-26-17-9-8-14(12-18(17)25-2)11-15(13-20(23)24)21-22-16-6-4-5-7-19(16)27-21/h3-9,11-12H,1,10,13H2,2H3,(H,23,24)/p-1/b15-11+. The lowest BCUT2D eigenvalue weighted by molar-refractivity contribution is -0.304. The highest BCUT2D eigenvalue weighted by Crippen LogP contribution is 2.33. The largest absolute Gasteiger partial charge is 0.550 e. The van der Waals surface area contributed by atoms with E-state index in [9.17, 15) is 9.90 Å². The number of ether oxygens (including phenoxy) is 2. The van der Waals surface area contributed by atoms with Crippen molar-refractivity contribution in [2.75, 3.05) is 13.7 Å². The normalized spacial score (nSPS) is 11.4. The molecule has 0 radical (unpaired) electrons. The van der Waals surface area contributed by atoms with Crippen molar-refractivity contribution in [3.8, 4) is 11.5 Å². The van der Waals surface area contributed by atoms with E-state index in [0.717, 1.165) is 15.8 Å². The van der Waals surface area contributed by atoms with Gasteiger partial charge in [-0.25, -0.2) is 4.98 Å². The number of hydrogen-bond acceptors (Lipinski definition) is 6. The summed E-state index contributed by atoms with van der Waals surface area (Å²) in [5.41, 5.74) is 2.21. The first-order chi connectivity index (χ1) is 13.1. The maximum Gasteiger partial charge on any atom is 0.161 e. The van der Waals surface area contributed by atoms with Gasteiger partial charge in [-0.05, 0) is 41.5 Å². The zero-order valence-corrected chi connectivity index (χ0v) is 15.6. The van der Waals surface area contributed by atoms with Crippen molar-refractivity contribution in [3.63, 3.8) is 0 Å². The molecule has 6 heteroatoms. The highest BCUT2D eigenvalue weighted by Gasteiger charge is 2.11. The first-order valence-corrected chi connectivity index (χ1v) is 9.10. The average Bonchev–Trinajstić information content (AvgIpc) is 3.10. The van der Waals surface area contributed by atoms with Gasteiger partial charge < -0.3 is 19.4 Å². The van der Waals surface area contributed by atoms with Gasteiger partial charge in [0.1, 0.15) is 11.6 Å². The van der Waals surface area contributed by atoms with Crippen LogP contribution < -0.4 is 14.6 Å². The summed E-state index contributed by atoms with van der Waals surface area (Å²) < 4.78 is 11.9. The van der Waals surface area contributed by atoms with Crippen LogP contribution in [0.4, 0.5) is 0 Å². The number of methoxy groups -OCH3 is 1. The molecule has 1 heterocycles. The second-order valence-electron chi connectivity index (χ2n) is 5.72. The van der Waals surface area contributed by atoms with E-state index in [1.165, 1.54) is 11.3 Å². The van der Waals surface area contributed by atoms with Crippen molar-refractivity contribution in [2.45, 2.75) is 6.42 Å². The first kappa shape index (κ1) is 18.7. The summed E-state index contributed by atoms with van der Waals surface area (Å²) in [6, 6.07) is 13.1. The minimum atomic E-state index is -1.15. The molecule has 0 N–H and O–H groups in total. The molecule has 0 fully saturated rings. The van der Waals surface area contributed by atoms with Gasteiger partial charge in [0.2, 0.25) is 0 Å². The fraction of sp³-hybridized carbons (Fsp3) is 0.143. The fourth-order valence-corrected chi connectivity index (χ4v) is 3.58. The number of fused-ring (bicyclic) bond motifs is 1. The predicted octanol–water partition coefficient (Wildman–Crippen LogP) is 3.55. The number of thiazole rings is 1. The van der Waals surface area contributed by atoms with Crippen molar-refractivity contribution in [3.05, 3.63) is 65.7 Å². The van der Waals surface area contributed by atoms with Gasteiger partial charge in [-0.15, -0.1) is 11.3 Å². The van der Waals surface area contributed by atoms with Crippen LogP contribution in [0, 0.1) is 0 Å². The number of benzene rings is 2. The van der Waals surface area contributed by atoms with Crippen molar-refractivity contribution in [1.29, 1.82) is 0 Å². The quantitative estimate of drug-likeness (QED) is 0.559. The van der Waals surface area contributed by atoms with Crippen LogP contribution in [0.3, 0.4) is 0 Å². The lowest BCUT2D eigenvalue weighted by atomic mass is 10.1. The van der Waals surface area contributed by atoms with E-state index in [4.69, 9.17) is 9.47 Å².